The summed E-state index contributed by atoms with van der Waals surface area (Å²) in [5.74, 6) is 0.458. The molecule has 166 valence electrons. The molecule has 0 fully saturated rings. The SMILES string of the molecule is COc1cccc(C(=O)N(Cc2ccc(C)cc2)c2cccc(CC(=O)NC(C)C)c2)c1. The first kappa shape index (κ1) is 23.1. The number of aryl methyl sites for hydroxylation is 1. The van der Waals surface area contributed by atoms with Crippen molar-refractivity contribution in [3.05, 3.63) is 95.1 Å². The number of hydrogen-bond acceptors (Lipinski definition) is 3. The molecule has 0 heterocycles. The van der Waals surface area contributed by atoms with E-state index in [-0.39, 0.29) is 24.3 Å². The normalized spacial score (nSPS) is 10.7. The minimum atomic E-state index is -0.131. The third-order valence-corrected chi connectivity index (χ3v) is 5.06. The topological polar surface area (TPSA) is 58.6 Å². The number of carbonyl (C=O) groups excluding carboxylic acids is 2. The van der Waals surface area contributed by atoms with Crippen molar-refractivity contribution in [3.8, 4) is 5.75 Å². The zero-order valence-electron chi connectivity index (χ0n) is 19.1. The average Bonchev–Trinajstić information content (AvgIpc) is 2.78. The van der Waals surface area contributed by atoms with Gasteiger partial charge in [-0.1, -0.05) is 48.0 Å². The molecule has 32 heavy (non-hydrogen) atoms. The smallest absolute Gasteiger partial charge is 0.258 e. The lowest BCUT2D eigenvalue weighted by molar-refractivity contribution is -0.120. The largest absolute Gasteiger partial charge is 0.497 e. The number of carbonyl (C=O) groups is 2. The van der Waals surface area contributed by atoms with E-state index in [4.69, 9.17) is 4.74 Å². The molecule has 0 aliphatic rings. The number of nitrogens with one attached hydrogen (secondary N) is 1. The molecular weight excluding hydrogens is 400 g/mol. The van der Waals surface area contributed by atoms with Crippen molar-refractivity contribution in [3.63, 3.8) is 0 Å². The van der Waals surface area contributed by atoms with Crippen LogP contribution in [0.25, 0.3) is 0 Å². The molecule has 0 spiro atoms. The Morgan fingerprint density at radius 2 is 1.66 bits per heavy atom. The van der Waals surface area contributed by atoms with Crippen LogP contribution in [0, 0.1) is 6.92 Å². The molecule has 3 aromatic rings. The summed E-state index contributed by atoms with van der Waals surface area (Å²) in [6, 6.07) is 23.0. The number of amides is 2. The third kappa shape index (κ3) is 6.20. The van der Waals surface area contributed by atoms with E-state index in [0.29, 0.717) is 17.9 Å². The van der Waals surface area contributed by atoms with Crippen LogP contribution in [-0.4, -0.2) is 25.0 Å². The molecule has 1 N–H and O–H groups in total. The van der Waals surface area contributed by atoms with Crippen molar-refractivity contribution in [1.82, 2.24) is 5.32 Å². The van der Waals surface area contributed by atoms with Crippen molar-refractivity contribution in [2.24, 2.45) is 0 Å². The molecule has 0 aliphatic carbocycles. The highest BCUT2D eigenvalue weighted by molar-refractivity contribution is 6.06. The van der Waals surface area contributed by atoms with Gasteiger partial charge < -0.3 is 15.0 Å². The van der Waals surface area contributed by atoms with Crippen LogP contribution in [0.15, 0.2) is 72.8 Å². The Bertz CT molecular complexity index is 1070. The molecule has 5 nitrogen and oxygen atoms in total. The van der Waals surface area contributed by atoms with Gasteiger partial charge in [0.25, 0.3) is 5.91 Å². The van der Waals surface area contributed by atoms with Crippen molar-refractivity contribution in [2.45, 2.75) is 39.8 Å². The molecular formula is C27H30N2O3. The zero-order valence-corrected chi connectivity index (χ0v) is 19.1. The first-order valence-electron chi connectivity index (χ1n) is 10.8. The van der Waals surface area contributed by atoms with E-state index < -0.39 is 0 Å². The van der Waals surface area contributed by atoms with Crippen molar-refractivity contribution in [2.75, 3.05) is 12.0 Å². The predicted octanol–water partition coefficient (Wildman–Crippen LogP) is 4.92. The fourth-order valence-electron chi connectivity index (χ4n) is 3.46. The van der Waals surface area contributed by atoms with Gasteiger partial charge in [-0.25, -0.2) is 0 Å². The zero-order chi connectivity index (χ0) is 23.1. The number of benzene rings is 3. The molecule has 5 heteroatoms. The van der Waals surface area contributed by atoms with E-state index in [9.17, 15) is 9.59 Å². The maximum atomic E-state index is 13.6. The summed E-state index contributed by atoms with van der Waals surface area (Å²) in [5.41, 5.74) is 4.33. The third-order valence-electron chi connectivity index (χ3n) is 5.06. The highest BCUT2D eigenvalue weighted by Gasteiger charge is 2.20. The minimum absolute atomic E-state index is 0.0404. The van der Waals surface area contributed by atoms with E-state index in [2.05, 4.69) is 5.32 Å². The van der Waals surface area contributed by atoms with Crippen molar-refractivity contribution >= 4 is 17.5 Å². The van der Waals surface area contributed by atoms with Gasteiger partial charge in [-0.05, 0) is 62.2 Å². The Morgan fingerprint density at radius 1 is 0.938 bits per heavy atom. The second-order valence-corrected chi connectivity index (χ2v) is 8.18. The van der Waals surface area contributed by atoms with Gasteiger partial charge in [-0.3, -0.25) is 9.59 Å². The summed E-state index contributed by atoms with van der Waals surface area (Å²) in [6.07, 6.45) is 0.262. The fourth-order valence-corrected chi connectivity index (χ4v) is 3.46. The number of ether oxygens (including phenoxy) is 1. The number of nitrogens with zero attached hydrogens (tertiary/aromatic N) is 1. The molecule has 2 amide bonds. The Kier molecular flexibility index (Phi) is 7.66. The first-order valence-corrected chi connectivity index (χ1v) is 10.8. The Balaban J connectivity index is 1.94. The number of rotatable bonds is 8. The van der Waals surface area contributed by atoms with Gasteiger partial charge in [0.1, 0.15) is 5.75 Å². The predicted molar refractivity (Wildman–Crippen MR) is 128 cm³/mol. The van der Waals surface area contributed by atoms with Crippen LogP contribution in [0.3, 0.4) is 0 Å². The Hall–Kier alpha value is -3.60. The van der Waals surface area contributed by atoms with Crippen LogP contribution in [0.4, 0.5) is 5.69 Å². The summed E-state index contributed by atoms with van der Waals surface area (Å²) in [4.78, 5) is 27.5. The van der Waals surface area contributed by atoms with Crippen LogP contribution >= 0.6 is 0 Å². The van der Waals surface area contributed by atoms with Crippen LogP contribution in [0.5, 0.6) is 5.75 Å². The van der Waals surface area contributed by atoms with Gasteiger partial charge in [-0.2, -0.15) is 0 Å². The molecule has 0 aromatic heterocycles. The molecule has 0 radical (unpaired) electrons. The first-order chi connectivity index (χ1) is 15.4. The quantitative estimate of drug-likeness (QED) is 0.552. The Morgan fingerprint density at radius 3 is 2.34 bits per heavy atom. The molecule has 3 rings (SSSR count). The highest BCUT2D eigenvalue weighted by atomic mass is 16.5. The van der Waals surface area contributed by atoms with Crippen LogP contribution < -0.4 is 15.0 Å². The standard InChI is InChI=1S/C27H30N2O3/c1-19(2)28-26(30)16-22-7-5-9-24(15-22)29(18-21-13-11-20(3)12-14-21)27(31)23-8-6-10-25(17-23)32-4/h5-15,17,19H,16,18H2,1-4H3,(H,28,30). The summed E-state index contributed by atoms with van der Waals surface area (Å²) in [7, 11) is 1.58. The van der Waals surface area contributed by atoms with Crippen molar-refractivity contribution in [1.29, 1.82) is 0 Å². The summed E-state index contributed by atoms with van der Waals surface area (Å²) >= 11 is 0. The second kappa shape index (κ2) is 10.6. The summed E-state index contributed by atoms with van der Waals surface area (Å²) < 4.78 is 5.30. The molecule has 0 atom stereocenters. The monoisotopic (exact) mass is 430 g/mol. The number of methoxy groups -OCH3 is 1. The van der Waals surface area contributed by atoms with Gasteiger partial charge in [0.05, 0.1) is 20.1 Å². The Labute approximate surface area is 190 Å². The number of anilines is 1. The molecule has 3 aromatic carbocycles. The van der Waals surface area contributed by atoms with E-state index in [0.717, 1.165) is 22.4 Å². The van der Waals surface area contributed by atoms with Gasteiger partial charge in [0, 0.05) is 17.3 Å². The van der Waals surface area contributed by atoms with Gasteiger partial charge in [0.2, 0.25) is 5.91 Å². The summed E-state index contributed by atoms with van der Waals surface area (Å²) in [6.45, 7) is 6.32. The lowest BCUT2D eigenvalue weighted by Crippen LogP contribution is -2.32. The molecule has 0 aliphatic heterocycles. The lowest BCUT2D eigenvalue weighted by atomic mass is 10.1. The van der Waals surface area contributed by atoms with Gasteiger partial charge in [0.15, 0.2) is 0 Å². The number of hydrogen-bond donors (Lipinski definition) is 1. The van der Waals surface area contributed by atoms with Gasteiger partial charge >= 0.3 is 0 Å². The maximum Gasteiger partial charge on any atom is 0.258 e. The summed E-state index contributed by atoms with van der Waals surface area (Å²) in [5, 5.41) is 2.91. The molecule has 0 saturated carbocycles. The average molecular weight is 431 g/mol. The van der Waals surface area contributed by atoms with Crippen LogP contribution in [-0.2, 0) is 17.8 Å². The van der Waals surface area contributed by atoms with Crippen molar-refractivity contribution < 1.29 is 14.3 Å². The van der Waals surface area contributed by atoms with E-state index in [1.54, 1.807) is 24.1 Å². The molecule has 0 bridgehead atoms. The van der Waals surface area contributed by atoms with Crippen LogP contribution in [0.1, 0.15) is 40.9 Å². The highest BCUT2D eigenvalue weighted by Crippen LogP contribution is 2.24. The second-order valence-electron chi connectivity index (χ2n) is 8.18. The van der Waals surface area contributed by atoms with Crippen LogP contribution in [0.2, 0.25) is 0 Å². The fraction of sp³-hybridized carbons (Fsp3) is 0.259. The van der Waals surface area contributed by atoms with Gasteiger partial charge in [-0.15, -0.1) is 0 Å². The minimum Gasteiger partial charge on any atom is -0.497 e. The van der Waals surface area contributed by atoms with E-state index >= 15 is 0 Å². The lowest BCUT2D eigenvalue weighted by Gasteiger charge is -2.24. The van der Waals surface area contributed by atoms with E-state index in [1.165, 1.54) is 0 Å². The molecule has 0 unspecified atom stereocenters. The van der Waals surface area contributed by atoms with E-state index in [1.807, 2.05) is 81.4 Å². The maximum absolute atomic E-state index is 13.6. The molecule has 0 saturated heterocycles.